The predicted molar refractivity (Wildman–Crippen MR) is 128 cm³/mol. The highest BCUT2D eigenvalue weighted by Gasteiger charge is 2.23. The van der Waals surface area contributed by atoms with E-state index in [4.69, 9.17) is 15.4 Å². The Kier molecular flexibility index (Phi) is 6.26. The molecule has 0 aliphatic carbocycles. The smallest absolute Gasteiger partial charge is 0.196 e. The molecule has 4 aromatic rings. The van der Waals surface area contributed by atoms with Gasteiger partial charge in [-0.1, -0.05) is 23.4 Å². The Bertz CT molecular complexity index is 1550. The Hall–Kier alpha value is -4.27. The molecule has 9 heteroatoms. The van der Waals surface area contributed by atoms with E-state index in [1.54, 1.807) is 39.0 Å². The zero-order chi connectivity index (χ0) is 25.4. The lowest BCUT2D eigenvalue weighted by Crippen LogP contribution is -2.20. The Balaban J connectivity index is 1.91. The lowest BCUT2D eigenvalue weighted by Gasteiger charge is -2.21. The molecule has 4 N–H and O–H groups in total. The van der Waals surface area contributed by atoms with Crippen molar-refractivity contribution in [3.63, 3.8) is 0 Å². The van der Waals surface area contributed by atoms with E-state index in [0.29, 0.717) is 10.9 Å². The average Bonchev–Trinajstić information content (AvgIpc) is 2.83. The number of hydrogen-bond acceptors (Lipinski definition) is 5. The van der Waals surface area contributed by atoms with Crippen molar-refractivity contribution in [2.45, 2.75) is 26.8 Å². The molecule has 0 saturated heterocycles. The van der Waals surface area contributed by atoms with Crippen LogP contribution in [0, 0.1) is 31.3 Å². The fourth-order valence-corrected chi connectivity index (χ4v) is 4.07. The summed E-state index contributed by atoms with van der Waals surface area (Å²) in [7, 11) is 0. The zero-order valence-electron chi connectivity index (χ0n) is 19.1. The third-order valence-electron chi connectivity index (χ3n) is 5.81. The van der Waals surface area contributed by atoms with Crippen LogP contribution in [0.15, 0.2) is 62.9 Å². The first-order valence-corrected chi connectivity index (χ1v) is 10.7. The molecular formula is C26H22F3N3O3. The summed E-state index contributed by atoms with van der Waals surface area (Å²) in [6.45, 7) is 5.09. The van der Waals surface area contributed by atoms with Crippen molar-refractivity contribution in [1.29, 1.82) is 0 Å². The second-order valence-electron chi connectivity index (χ2n) is 8.23. The number of anilines is 1. The van der Waals surface area contributed by atoms with Gasteiger partial charge >= 0.3 is 0 Å². The van der Waals surface area contributed by atoms with Crippen LogP contribution in [0.5, 0.6) is 0 Å². The highest BCUT2D eigenvalue weighted by atomic mass is 19.2. The quantitative estimate of drug-likeness (QED) is 0.146. The minimum atomic E-state index is -1.28. The van der Waals surface area contributed by atoms with Crippen LogP contribution in [0.2, 0.25) is 0 Å². The van der Waals surface area contributed by atoms with Gasteiger partial charge in [0.05, 0.1) is 22.6 Å². The van der Waals surface area contributed by atoms with Crippen molar-refractivity contribution in [1.82, 2.24) is 0 Å². The molecule has 0 saturated carbocycles. The lowest BCUT2D eigenvalue weighted by molar-refractivity contribution is 0.318. The van der Waals surface area contributed by atoms with Crippen LogP contribution in [0.25, 0.3) is 22.3 Å². The molecule has 0 spiro atoms. The predicted octanol–water partition coefficient (Wildman–Crippen LogP) is 5.76. The van der Waals surface area contributed by atoms with Crippen LogP contribution in [-0.4, -0.2) is 11.0 Å². The standard InChI is InChI=1S/C26H22F3N3O3/c1-12-10-16(14(3)31-20-9-8-19(28)22(29)21(20)26(30)32-34)25-17(11-12)23(33)13(2)24(35-25)15-6-4-5-7-18(15)27/h4-11,14,31,34H,1-3H3,(H2,30,32)/t14-/m1/s1. The largest absolute Gasteiger partial charge is 0.455 e. The maximum Gasteiger partial charge on any atom is 0.196 e. The van der Waals surface area contributed by atoms with Crippen molar-refractivity contribution in [2.75, 3.05) is 5.32 Å². The molecule has 6 nitrogen and oxygen atoms in total. The number of halogens is 3. The van der Waals surface area contributed by atoms with E-state index in [-0.39, 0.29) is 33.6 Å². The Morgan fingerprint density at radius 3 is 2.49 bits per heavy atom. The molecule has 0 amide bonds. The molecule has 1 atom stereocenters. The first-order chi connectivity index (χ1) is 16.6. The Labute approximate surface area is 198 Å². The van der Waals surface area contributed by atoms with Gasteiger partial charge in [-0.25, -0.2) is 13.2 Å². The van der Waals surface area contributed by atoms with Gasteiger partial charge in [0, 0.05) is 16.8 Å². The summed E-state index contributed by atoms with van der Waals surface area (Å²) in [5.41, 5.74) is 6.79. The van der Waals surface area contributed by atoms with E-state index in [1.165, 1.54) is 24.3 Å². The number of fused-ring (bicyclic) bond motifs is 1. The number of benzene rings is 3. The molecule has 0 unspecified atom stereocenters. The minimum Gasteiger partial charge on any atom is -0.455 e. The van der Waals surface area contributed by atoms with Gasteiger partial charge < -0.3 is 20.7 Å². The number of aryl methyl sites for hydroxylation is 1. The molecular weight excluding hydrogens is 459 g/mol. The summed E-state index contributed by atoms with van der Waals surface area (Å²) < 4.78 is 48.9. The van der Waals surface area contributed by atoms with Crippen LogP contribution in [-0.2, 0) is 0 Å². The van der Waals surface area contributed by atoms with Gasteiger partial charge in [-0.3, -0.25) is 4.79 Å². The van der Waals surface area contributed by atoms with E-state index in [2.05, 4.69) is 10.5 Å². The minimum absolute atomic E-state index is 0.0603. The first kappa shape index (κ1) is 23.9. The maximum absolute atomic E-state index is 14.5. The zero-order valence-corrected chi connectivity index (χ0v) is 19.1. The number of amidine groups is 1. The molecule has 0 radical (unpaired) electrons. The van der Waals surface area contributed by atoms with Gasteiger partial charge in [0.15, 0.2) is 22.9 Å². The Morgan fingerprint density at radius 1 is 1.09 bits per heavy atom. The van der Waals surface area contributed by atoms with Crippen LogP contribution >= 0.6 is 0 Å². The number of nitrogens with zero attached hydrogens (tertiary/aromatic N) is 1. The number of oxime groups is 1. The molecule has 1 heterocycles. The summed E-state index contributed by atoms with van der Waals surface area (Å²) >= 11 is 0. The lowest BCUT2D eigenvalue weighted by atomic mass is 9.98. The van der Waals surface area contributed by atoms with Crippen molar-refractivity contribution < 1.29 is 22.8 Å². The van der Waals surface area contributed by atoms with Gasteiger partial charge in [0.2, 0.25) is 0 Å². The molecule has 180 valence electrons. The molecule has 0 aliphatic rings. The first-order valence-electron chi connectivity index (χ1n) is 10.7. The molecule has 1 aromatic heterocycles. The molecule has 35 heavy (non-hydrogen) atoms. The van der Waals surface area contributed by atoms with Crippen LogP contribution in [0.3, 0.4) is 0 Å². The van der Waals surface area contributed by atoms with Gasteiger partial charge in [0.1, 0.15) is 17.2 Å². The van der Waals surface area contributed by atoms with Crippen LogP contribution in [0.4, 0.5) is 18.9 Å². The summed E-state index contributed by atoms with van der Waals surface area (Å²) in [6.07, 6.45) is 0. The van der Waals surface area contributed by atoms with E-state index >= 15 is 0 Å². The molecule has 0 fully saturated rings. The summed E-state index contributed by atoms with van der Waals surface area (Å²) in [5.74, 6) is -3.50. The van der Waals surface area contributed by atoms with E-state index in [9.17, 15) is 18.0 Å². The highest BCUT2D eigenvalue weighted by molar-refractivity contribution is 6.02. The number of hydrogen-bond donors (Lipinski definition) is 3. The van der Waals surface area contributed by atoms with Crippen molar-refractivity contribution >= 4 is 22.5 Å². The topological polar surface area (TPSA) is 101 Å². The van der Waals surface area contributed by atoms with Gasteiger partial charge in [0.25, 0.3) is 0 Å². The number of nitrogens with one attached hydrogen (secondary N) is 1. The number of rotatable bonds is 5. The Morgan fingerprint density at radius 2 is 1.80 bits per heavy atom. The molecule has 4 rings (SSSR count). The summed E-state index contributed by atoms with van der Waals surface area (Å²) in [4.78, 5) is 13.2. The average molecular weight is 481 g/mol. The third-order valence-corrected chi connectivity index (χ3v) is 5.81. The summed E-state index contributed by atoms with van der Waals surface area (Å²) in [6, 6.07) is 11.0. The summed E-state index contributed by atoms with van der Waals surface area (Å²) in [5, 5.41) is 15.2. The van der Waals surface area contributed by atoms with Crippen molar-refractivity contribution in [3.8, 4) is 11.3 Å². The van der Waals surface area contributed by atoms with E-state index in [0.717, 1.165) is 11.6 Å². The fraction of sp³-hybridized carbons (Fsp3) is 0.154. The van der Waals surface area contributed by atoms with E-state index < -0.39 is 34.9 Å². The van der Waals surface area contributed by atoms with Crippen molar-refractivity contribution in [3.05, 3.63) is 98.5 Å². The monoisotopic (exact) mass is 481 g/mol. The second kappa shape index (κ2) is 9.17. The highest BCUT2D eigenvalue weighted by Crippen LogP contribution is 2.34. The normalized spacial score (nSPS) is 12.7. The molecule has 0 bridgehead atoms. The molecule has 0 aliphatic heterocycles. The van der Waals surface area contributed by atoms with Gasteiger partial charge in [-0.05, 0) is 56.7 Å². The van der Waals surface area contributed by atoms with E-state index in [1.807, 2.05) is 0 Å². The van der Waals surface area contributed by atoms with Crippen LogP contribution in [0.1, 0.15) is 35.2 Å². The van der Waals surface area contributed by atoms with Gasteiger partial charge in [-0.15, -0.1) is 0 Å². The maximum atomic E-state index is 14.5. The van der Waals surface area contributed by atoms with Gasteiger partial charge in [-0.2, -0.15) is 0 Å². The second-order valence-corrected chi connectivity index (χ2v) is 8.23. The van der Waals surface area contributed by atoms with Crippen LogP contribution < -0.4 is 16.5 Å². The SMILES string of the molecule is Cc1cc([C@@H](C)Nc2ccc(F)c(F)c2/C(N)=N/O)c2oc(-c3ccccc3F)c(C)c(=O)c2c1. The molecule has 3 aromatic carbocycles. The van der Waals surface area contributed by atoms with Crippen molar-refractivity contribution in [2.24, 2.45) is 10.9 Å². The number of nitrogens with two attached hydrogens (primary N) is 1. The third kappa shape index (κ3) is 4.21. The fourth-order valence-electron chi connectivity index (χ4n) is 4.07.